The van der Waals surface area contributed by atoms with Crippen molar-refractivity contribution in [2.24, 2.45) is 0 Å². The number of Topliss-reactive ketones (excluding diaryl/α,β-unsaturated/α-hetero) is 1. The topological polar surface area (TPSA) is 32.3 Å². The molecule has 0 bridgehead atoms. The first-order valence-corrected chi connectivity index (χ1v) is 6.20. The van der Waals surface area contributed by atoms with Gasteiger partial charge in [0, 0.05) is 31.6 Å². The van der Waals surface area contributed by atoms with E-state index < -0.39 is 0 Å². The first-order valence-electron chi connectivity index (χ1n) is 6.20. The van der Waals surface area contributed by atoms with E-state index in [1.54, 1.807) is 0 Å². The zero-order chi connectivity index (χ0) is 10.8. The lowest BCUT2D eigenvalue weighted by atomic mass is 10.1. The van der Waals surface area contributed by atoms with Crippen molar-refractivity contribution in [3.63, 3.8) is 0 Å². The summed E-state index contributed by atoms with van der Waals surface area (Å²) in [6.45, 7) is 6.46. The molecule has 3 heteroatoms. The van der Waals surface area contributed by atoms with Crippen molar-refractivity contribution in [1.82, 2.24) is 10.2 Å². The highest BCUT2D eigenvalue weighted by Crippen LogP contribution is 2.28. The van der Waals surface area contributed by atoms with Crippen LogP contribution in [-0.2, 0) is 4.79 Å². The van der Waals surface area contributed by atoms with Crippen LogP contribution >= 0.6 is 0 Å². The summed E-state index contributed by atoms with van der Waals surface area (Å²) in [5.74, 6) is 0.412. The molecule has 1 aliphatic carbocycles. The normalized spacial score (nSPS) is 26.9. The van der Waals surface area contributed by atoms with Gasteiger partial charge in [0.05, 0.1) is 6.04 Å². The molecule has 1 saturated carbocycles. The van der Waals surface area contributed by atoms with Crippen molar-refractivity contribution in [1.29, 1.82) is 0 Å². The Kier molecular flexibility index (Phi) is 3.42. The van der Waals surface area contributed by atoms with Crippen LogP contribution in [-0.4, -0.2) is 41.9 Å². The standard InChI is InChI=1S/C12H22N2O/c1-9(2)14(10-3-4-10)8-6-11-12(15)5-7-13-11/h9-11,13H,3-8H2,1-2H3. The Morgan fingerprint density at radius 3 is 2.67 bits per heavy atom. The minimum Gasteiger partial charge on any atom is -0.307 e. The van der Waals surface area contributed by atoms with Gasteiger partial charge in [-0.2, -0.15) is 0 Å². The number of nitrogens with one attached hydrogen (secondary N) is 1. The molecule has 1 aliphatic heterocycles. The third kappa shape index (κ3) is 2.79. The summed E-state index contributed by atoms with van der Waals surface area (Å²) in [6, 6.07) is 1.57. The molecule has 2 aliphatic rings. The predicted molar refractivity (Wildman–Crippen MR) is 60.9 cm³/mol. The largest absolute Gasteiger partial charge is 0.307 e. The van der Waals surface area contributed by atoms with Gasteiger partial charge in [0.1, 0.15) is 0 Å². The third-order valence-electron chi connectivity index (χ3n) is 3.51. The molecule has 1 unspecified atom stereocenters. The molecule has 15 heavy (non-hydrogen) atoms. The average molecular weight is 210 g/mol. The summed E-state index contributed by atoms with van der Waals surface area (Å²) < 4.78 is 0. The Balaban J connectivity index is 1.77. The quantitative estimate of drug-likeness (QED) is 0.739. The maximum Gasteiger partial charge on any atom is 0.151 e. The van der Waals surface area contributed by atoms with Gasteiger partial charge >= 0.3 is 0 Å². The van der Waals surface area contributed by atoms with Crippen LogP contribution < -0.4 is 5.32 Å². The van der Waals surface area contributed by atoms with Crippen molar-refractivity contribution in [3.05, 3.63) is 0 Å². The van der Waals surface area contributed by atoms with Crippen LogP contribution in [0.3, 0.4) is 0 Å². The van der Waals surface area contributed by atoms with Crippen LogP contribution in [0.25, 0.3) is 0 Å². The van der Waals surface area contributed by atoms with Crippen molar-refractivity contribution in [2.75, 3.05) is 13.1 Å². The van der Waals surface area contributed by atoms with Crippen LogP contribution in [0.1, 0.15) is 39.5 Å². The molecule has 0 amide bonds. The molecule has 2 rings (SSSR count). The second-order valence-electron chi connectivity index (χ2n) is 5.07. The van der Waals surface area contributed by atoms with Gasteiger partial charge in [0.15, 0.2) is 5.78 Å². The monoisotopic (exact) mass is 210 g/mol. The molecule has 1 N–H and O–H groups in total. The highest BCUT2D eigenvalue weighted by molar-refractivity contribution is 5.86. The minimum absolute atomic E-state index is 0.144. The van der Waals surface area contributed by atoms with E-state index in [1.807, 2.05) is 0 Å². The molecule has 0 radical (unpaired) electrons. The second-order valence-corrected chi connectivity index (χ2v) is 5.07. The minimum atomic E-state index is 0.144. The molecule has 0 spiro atoms. The first kappa shape index (κ1) is 11.1. The smallest absolute Gasteiger partial charge is 0.151 e. The van der Waals surface area contributed by atoms with E-state index in [2.05, 4.69) is 24.1 Å². The maximum atomic E-state index is 11.5. The molecule has 0 aromatic heterocycles. The van der Waals surface area contributed by atoms with Crippen molar-refractivity contribution >= 4 is 5.78 Å². The summed E-state index contributed by atoms with van der Waals surface area (Å²) in [5.41, 5.74) is 0. The molecule has 1 heterocycles. The van der Waals surface area contributed by atoms with Crippen molar-refractivity contribution < 1.29 is 4.79 Å². The molecule has 2 fully saturated rings. The number of carbonyl (C=O) groups is 1. The Morgan fingerprint density at radius 1 is 1.47 bits per heavy atom. The number of hydrogen-bond acceptors (Lipinski definition) is 3. The molecular formula is C12H22N2O. The highest BCUT2D eigenvalue weighted by atomic mass is 16.1. The molecular weight excluding hydrogens is 188 g/mol. The van der Waals surface area contributed by atoms with Gasteiger partial charge in [-0.15, -0.1) is 0 Å². The fraction of sp³-hybridized carbons (Fsp3) is 0.917. The Hall–Kier alpha value is -0.410. The van der Waals surface area contributed by atoms with E-state index in [4.69, 9.17) is 0 Å². The van der Waals surface area contributed by atoms with Gasteiger partial charge in [-0.05, 0) is 33.1 Å². The number of hydrogen-bond donors (Lipinski definition) is 1. The van der Waals surface area contributed by atoms with Gasteiger partial charge < -0.3 is 5.32 Å². The van der Waals surface area contributed by atoms with E-state index in [0.717, 1.165) is 32.0 Å². The number of ketones is 1. The first-order chi connectivity index (χ1) is 7.18. The van der Waals surface area contributed by atoms with E-state index in [9.17, 15) is 4.79 Å². The number of nitrogens with zero attached hydrogens (tertiary/aromatic N) is 1. The van der Waals surface area contributed by atoms with E-state index in [-0.39, 0.29) is 6.04 Å². The summed E-state index contributed by atoms with van der Waals surface area (Å²) in [5, 5.41) is 3.28. The van der Waals surface area contributed by atoms with E-state index in [0.29, 0.717) is 11.8 Å². The lowest BCUT2D eigenvalue weighted by Gasteiger charge is -2.27. The SMILES string of the molecule is CC(C)N(CCC1NCCC1=O)C1CC1. The molecule has 1 saturated heterocycles. The average Bonchev–Trinajstić information content (AvgIpc) is 2.92. The Bertz CT molecular complexity index is 234. The molecule has 0 aromatic carbocycles. The summed E-state index contributed by atoms with van der Waals surface area (Å²) in [6.07, 6.45) is 4.43. The predicted octanol–water partition coefficient (Wildman–Crippen LogP) is 1.18. The Labute approximate surface area is 92.2 Å². The van der Waals surface area contributed by atoms with Crippen LogP contribution in [0.2, 0.25) is 0 Å². The maximum absolute atomic E-state index is 11.5. The van der Waals surface area contributed by atoms with Gasteiger partial charge in [0.25, 0.3) is 0 Å². The van der Waals surface area contributed by atoms with Crippen molar-refractivity contribution in [2.45, 2.75) is 57.7 Å². The van der Waals surface area contributed by atoms with Crippen LogP contribution in [0.4, 0.5) is 0 Å². The molecule has 1 atom stereocenters. The summed E-state index contributed by atoms with van der Waals surface area (Å²) >= 11 is 0. The summed E-state index contributed by atoms with van der Waals surface area (Å²) in [7, 11) is 0. The van der Waals surface area contributed by atoms with Gasteiger partial charge in [-0.1, -0.05) is 0 Å². The molecule has 3 nitrogen and oxygen atoms in total. The van der Waals surface area contributed by atoms with Crippen LogP contribution in [0, 0.1) is 0 Å². The Morgan fingerprint density at radius 2 is 2.20 bits per heavy atom. The van der Waals surface area contributed by atoms with Gasteiger partial charge in [0.2, 0.25) is 0 Å². The third-order valence-corrected chi connectivity index (χ3v) is 3.51. The van der Waals surface area contributed by atoms with Crippen LogP contribution in [0.5, 0.6) is 0 Å². The number of carbonyl (C=O) groups excluding carboxylic acids is 1. The van der Waals surface area contributed by atoms with Crippen LogP contribution in [0.15, 0.2) is 0 Å². The van der Waals surface area contributed by atoms with E-state index >= 15 is 0 Å². The van der Waals surface area contributed by atoms with E-state index in [1.165, 1.54) is 12.8 Å². The lowest BCUT2D eigenvalue weighted by molar-refractivity contribution is -0.118. The van der Waals surface area contributed by atoms with Gasteiger partial charge in [-0.3, -0.25) is 9.69 Å². The van der Waals surface area contributed by atoms with Crippen molar-refractivity contribution in [3.8, 4) is 0 Å². The lowest BCUT2D eigenvalue weighted by Crippen LogP contribution is -2.38. The number of rotatable bonds is 5. The van der Waals surface area contributed by atoms with Gasteiger partial charge in [-0.25, -0.2) is 0 Å². The zero-order valence-electron chi connectivity index (χ0n) is 9.83. The highest BCUT2D eigenvalue weighted by Gasteiger charge is 2.32. The fourth-order valence-corrected chi connectivity index (χ4v) is 2.47. The summed E-state index contributed by atoms with van der Waals surface area (Å²) in [4.78, 5) is 14.0. The fourth-order valence-electron chi connectivity index (χ4n) is 2.47. The molecule has 0 aromatic rings. The molecule has 86 valence electrons. The second kappa shape index (κ2) is 4.62. The zero-order valence-corrected chi connectivity index (χ0v) is 9.83.